The minimum absolute atomic E-state index is 0.123. The van der Waals surface area contributed by atoms with Crippen molar-refractivity contribution in [3.8, 4) is 11.5 Å². The number of aryl methyl sites for hydroxylation is 3. The predicted octanol–water partition coefficient (Wildman–Crippen LogP) is 4.72. The number of carbonyl (C=O) groups is 1. The maximum absolute atomic E-state index is 12.3. The number of hydrogen-bond acceptors (Lipinski definition) is 4. The van der Waals surface area contributed by atoms with Crippen molar-refractivity contribution in [2.75, 3.05) is 31.4 Å². The van der Waals surface area contributed by atoms with E-state index in [2.05, 4.69) is 43.5 Å². The fraction of sp³-hybridized carbons (Fsp3) is 0.350. The normalized spacial score (nSPS) is 10.4. The third kappa shape index (κ3) is 4.82. The number of halogens is 1. The maximum atomic E-state index is 12.3. The first-order valence-electron chi connectivity index (χ1n) is 8.38. The number of nitrogens with one attached hydrogen (secondary N) is 2. The molecule has 26 heavy (non-hydrogen) atoms. The van der Waals surface area contributed by atoms with Crippen LogP contribution < -0.4 is 20.1 Å². The Morgan fingerprint density at radius 2 is 1.62 bits per heavy atom. The molecule has 140 valence electrons. The molecule has 1 amide bonds. The van der Waals surface area contributed by atoms with Gasteiger partial charge in [0.25, 0.3) is 0 Å². The summed E-state index contributed by atoms with van der Waals surface area (Å²) in [6.45, 7) is 6.73. The van der Waals surface area contributed by atoms with Gasteiger partial charge in [-0.1, -0.05) is 29.3 Å². The van der Waals surface area contributed by atoms with Gasteiger partial charge < -0.3 is 20.1 Å². The van der Waals surface area contributed by atoms with Gasteiger partial charge in [-0.05, 0) is 31.9 Å². The van der Waals surface area contributed by atoms with E-state index < -0.39 is 0 Å². The van der Waals surface area contributed by atoms with Gasteiger partial charge in [-0.25, -0.2) is 0 Å². The van der Waals surface area contributed by atoms with Crippen molar-refractivity contribution in [3.05, 3.63) is 46.0 Å². The average molecular weight is 377 g/mol. The number of ether oxygens (including phenoxy) is 2. The Hall–Kier alpha value is -2.40. The summed E-state index contributed by atoms with van der Waals surface area (Å²) in [6.07, 6.45) is 0.320. The molecule has 0 saturated carbocycles. The molecule has 0 aromatic heterocycles. The minimum atomic E-state index is -0.123. The Morgan fingerprint density at radius 1 is 1.00 bits per heavy atom. The Morgan fingerprint density at radius 3 is 2.19 bits per heavy atom. The van der Waals surface area contributed by atoms with Crippen molar-refractivity contribution in [2.24, 2.45) is 0 Å². The molecule has 0 bridgehead atoms. The lowest BCUT2D eigenvalue weighted by Crippen LogP contribution is -2.17. The molecular formula is C20H25ClN2O3. The van der Waals surface area contributed by atoms with E-state index in [4.69, 9.17) is 21.1 Å². The van der Waals surface area contributed by atoms with Crippen LogP contribution in [0.2, 0.25) is 5.02 Å². The Kier molecular flexibility index (Phi) is 6.75. The van der Waals surface area contributed by atoms with Crippen LogP contribution in [-0.2, 0) is 4.79 Å². The number of hydrogen-bond donors (Lipinski definition) is 2. The zero-order valence-electron chi connectivity index (χ0n) is 15.8. The summed E-state index contributed by atoms with van der Waals surface area (Å²) in [6, 6.07) is 7.52. The monoisotopic (exact) mass is 376 g/mol. The number of rotatable bonds is 7. The molecular weight excluding hydrogens is 352 g/mol. The molecule has 0 spiro atoms. The summed E-state index contributed by atoms with van der Waals surface area (Å²) < 4.78 is 10.5. The second-order valence-corrected chi connectivity index (χ2v) is 6.59. The van der Waals surface area contributed by atoms with Gasteiger partial charge in [-0.2, -0.15) is 0 Å². The highest BCUT2D eigenvalue weighted by Crippen LogP contribution is 2.35. The molecule has 2 N–H and O–H groups in total. The number of anilines is 2. The van der Waals surface area contributed by atoms with Gasteiger partial charge in [0, 0.05) is 30.8 Å². The van der Waals surface area contributed by atoms with E-state index in [-0.39, 0.29) is 5.91 Å². The number of methoxy groups -OCH3 is 2. The quantitative estimate of drug-likeness (QED) is 0.733. The van der Waals surface area contributed by atoms with E-state index >= 15 is 0 Å². The van der Waals surface area contributed by atoms with Crippen LogP contribution >= 0.6 is 11.6 Å². The molecule has 0 atom stereocenters. The first-order valence-corrected chi connectivity index (χ1v) is 8.76. The second kappa shape index (κ2) is 8.81. The van der Waals surface area contributed by atoms with Crippen LogP contribution in [0.4, 0.5) is 11.4 Å². The van der Waals surface area contributed by atoms with Crippen molar-refractivity contribution >= 4 is 28.9 Å². The Bertz CT molecular complexity index is 783. The maximum Gasteiger partial charge on any atom is 0.226 e. The smallest absolute Gasteiger partial charge is 0.226 e. The van der Waals surface area contributed by atoms with Gasteiger partial charge in [-0.15, -0.1) is 0 Å². The van der Waals surface area contributed by atoms with Crippen LogP contribution in [0.15, 0.2) is 24.3 Å². The third-order valence-electron chi connectivity index (χ3n) is 4.08. The fourth-order valence-corrected chi connectivity index (χ4v) is 3.16. The van der Waals surface area contributed by atoms with Crippen molar-refractivity contribution in [3.63, 3.8) is 0 Å². The molecule has 0 radical (unpaired) electrons. The molecule has 0 aliphatic carbocycles. The lowest BCUT2D eigenvalue weighted by Gasteiger charge is -2.15. The summed E-state index contributed by atoms with van der Waals surface area (Å²) in [5.41, 5.74) is 5.18. The van der Waals surface area contributed by atoms with Crippen molar-refractivity contribution < 1.29 is 14.3 Å². The minimum Gasteiger partial charge on any atom is -0.495 e. The summed E-state index contributed by atoms with van der Waals surface area (Å²) in [4.78, 5) is 12.3. The van der Waals surface area contributed by atoms with E-state index in [1.165, 1.54) is 30.9 Å². The zero-order valence-corrected chi connectivity index (χ0v) is 16.6. The van der Waals surface area contributed by atoms with Gasteiger partial charge in [0.1, 0.15) is 11.5 Å². The Labute approximate surface area is 159 Å². The molecule has 0 aliphatic heterocycles. The van der Waals surface area contributed by atoms with Crippen LogP contribution in [0.1, 0.15) is 23.1 Å². The summed E-state index contributed by atoms with van der Waals surface area (Å²) in [5, 5.41) is 6.62. The van der Waals surface area contributed by atoms with Crippen molar-refractivity contribution in [1.82, 2.24) is 0 Å². The Balaban J connectivity index is 2.00. The average Bonchev–Trinajstić information content (AvgIpc) is 2.58. The molecule has 2 aromatic rings. The van der Waals surface area contributed by atoms with E-state index in [0.29, 0.717) is 35.2 Å². The summed E-state index contributed by atoms with van der Waals surface area (Å²) >= 11 is 6.08. The number of amides is 1. The predicted molar refractivity (Wildman–Crippen MR) is 107 cm³/mol. The largest absolute Gasteiger partial charge is 0.495 e. The highest BCUT2D eigenvalue weighted by Gasteiger charge is 2.13. The molecule has 0 fully saturated rings. The molecule has 2 aromatic carbocycles. The second-order valence-electron chi connectivity index (χ2n) is 6.19. The first-order chi connectivity index (χ1) is 12.3. The van der Waals surface area contributed by atoms with Crippen LogP contribution in [0.3, 0.4) is 0 Å². The lowest BCUT2D eigenvalue weighted by atomic mass is 10.1. The molecule has 0 aliphatic rings. The summed E-state index contributed by atoms with van der Waals surface area (Å²) in [7, 11) is 3.05. The van der Waals surface area contributed by atoms with Crippen molar-refractivity contribution in [2.45, 2.75) is 27.2 Å². The lowest BCUT2D eigenvalue weighted by molar-refractivity contribution is -0.116. The van der Waals surface area contributed by atoms with E-state index in [0.717, 1.165) is 5.69 Å². The highest BCUT2D eigenvalue weighted by atomic mass is 35.5. The standard InChI is InChI=1S/C20H25ClN2O3/c1-12-8-13(2)20(14(3)9-12)22-7-6-19(24)23-16-11-17(25-4)15(21)10-18(16)26-5/h8-11,22H,6-7H2,1-5H3,(H,23,24). The van der Waals surface area contributed by atoms with Gasteiger partial charge in [0.05, 0.1) is 24.9 Å². The fourth-order valence-electron chi connectivity index (χ4n) is 2.93. The molecule has 0 heterocycles. The SMILES string of the molecule is COc1cc(NC(=O)CCNc2c(C)cc(C)cc2C)c(OC)cc1Cl. The van der Waals surface area contributed by atoms with Crippen LogP contribution in [0.5, 0.6) is 11.5 Å². The first kappa shape index (κ1) is 19.9. The van der Waals surface area contributed by atoms with Crippen LogP contribution in [0.25, 0.3) is 0 Å². The van der Waals surface area contributed by atoms with Crippen molar-refractivity contribution in [1.29, 1.82) is 0 Å². The highest BCUT2D eigenvalue weighted by molar-refractivity contribution is 6.32. The number of carbonyl (C=O) groups excluding carboxylic acids is 1. The zero-order chi connectivity index (χ0) is 19.3. The van der Waals surface area contributed by atoms with E-state index in [1.807, 2.05) is 0 Å². The van der Waals surface area contributed by atoms with Crippen LogP contribution in [0, 0.1) is 20.8 Å². The summed E-state index contributed by atoms with van der Waals surface area (Å²) in [5.74, 6) is 0.844. The van der Waals surface area contributed by atoms with E-state index in [1.54, 1.807) is 12.1 Å². The molecule has 2 rings (SSSR count). The van der Waals surface area contributed by atoms with Gasteiger partial charge in [-0.3, -0.25) is 4.79 Å². The van der Waals surface area contributed by atoms with Crippen LogP contribution in [-0.4, -0.2) is 26.7 Å². The topological polar surface area (TPSA) is 59.6 Å². The van der Waals surface area contributed by atoms with Gasteiger partial charge in [0.2, 0.25) is 5.91 Å². The van der Waals surface area contributed by atoms with Gasteiger partial charge >= 0.3 is 0 Å². The van der Waals surface area contributed by atoms with E-state index in [9.17, 15) is 4.79 Å². The molecule has 6 heteroatoms. The molecule has 0 saturated heterocycles. The molecule has 0 unspecified atom stereocenters. The number of benzene rings is 2. The third-order valence-corrected chi connectivity index (χ3v) is 4.37. The molecule has 5 nitrogen and oxygen atoms in total. The van der Waals surface area contributed by atoms with Gasteiger partial charge in [0.15, 0.2) is 0 Å².